The van der Waals surface area contributed by atoms with Crippen LogP contribution in [0.1, 0.15) is 36.8 Å². The molecule has 1 saturated carbocycles. The van der Waals surface area contributed by atoms with Crippen LogP contribution in [0.5, 0.6) is 0 Å². The van der Waals surface area contributed by atoms with Gasteiger partial charge >= 0.3 is 0 Å². The lowest BCUT2D eigenvalue weighted by Crippen LogP contribution is -2.38. The monoisotopic (exact) mass is 295 g/mol. The van der Waals surface area contributed by atoms with Gasteiger partial charge in [0.25, 0.3) is 0 Å². The van der Waals surface area contributed by atoms with Gasteiger partial charge in [0.1, 0.15) is 0 Å². The van der Waals surface area contributed by atoms with Gasteiger partial charge in [-0.2, -0.15) is 0 Å². The molecule has 3 rings (SSSR count). The molecule has 0 heterocycles. The van der Waals surface area contributed by atoms with Crippen LogP contribution < -0.4 is 4.72 Å². The summed E-state index contributed by atoms with van der Waals surface area (Å²) >= 11 is 0. The minimum atomic E-state index is -3.47. The second-order valence-electron chi connectivity index (χ2n) is 5.89. The van der Waals surface area contributed by atoms with Crippen molar-refractivity contribution in [2.24, 2.45) is 5.92 Å². The Labute approximate surface area is 120 Å². The van der Waals surface area contributed by atoms with Crippen molar-refractivity contribution < 1.29 is 13.5 Å². The molecule has 0 saturated heterocycles. The van der Waals surface area contributed by atoms with Crippen LogP contribution in [0.25, 0.3) is 0 Å². The first-order valence-corrected chi connectivity index (χ1v) is 8.83. The molecule has 4 nitrogen and oxygen atoms in total. The summed E-state index contributed by atoms with van der Waals surface area (Å²) < 4.78 is 27.7. The number of hydrogen-bond donors (Lipinski definition) is 2. The van der Waals surface area contributed by atoms with E-state index in [1.165, 1.54) is 5.56 Å². The standard InChI is InChI=1S/C15H21NO3S/c17-10-13-5-2-6-15(13)16-20(18,19)14-8-7-11-3-1-4-12(11)9-14/h7-9,13,15-17H,1-6,10H2. The third-order valence-corrected chi connectivity index (χ3v) is 6.07. The van der Waals surface area contributed by atoms with E-state index in [1.54, 1.807) is 6.07 Å². The van der Waals surface area contributed by atoms with Crippen LogP contribution in [-0.2, 0) is 22.9 Å². The summed E-state index contributed by atoms with van der Waals surface area (Å²) in [6.45, 7) is 0.0530. The predicted octanol–water partition coefficient (Wildman–Crippen LogP) is 1.61. The van der Waals surface area contributed by atoms with Crippen molar-refractivity contribution in [2.75, 3.05) is 6.61 Å². The van der Waals surface area contributed by atoms with E-state index in [1.807, 2.05) is 12.1 Å². The lowest BCUT2D eigenvalue weighted by Gasteiger charge is -2.19. The maximum atomic E-state index is 12.5. The SMILES string of the molecule is O=S(=O)(NC1CCCC1CO)c1ccc2c(c1)CCC2. The number of sulfonamides is 1. The largest absolute Gasteiger partial charge is 0.396 e. The van der Waals surface area contributed by atoms with Crippen molar-refractivity contribution in [3.8, 4) is 0 Å². The van der Waals surface area contributed by atoms with Crippen molar-refractivity contribution in [3.05, 3.63) is 29.3 Å². The maximum absolute atomic E-state index is 12.5. The van der Waals surface area contributed by atoms with Crippen molar-refractivity contribution in [1.29, 1.82) is 0 Å². The van der Waals surface area contributed by atoms with E-state index in [0.717, 1.165) is 44.1 Å². The minimum absolute atomic E-state index is 0.0530. The molecular weight excluding hydrogens is 274 g/mol. The van der Waals surface area contributed by atoms with E-state index in [-0.39, 0.29) is 18.6 Å². The summed E-state index contributed by atoms with van der Waals surface area (Å²) in [5.74, 6) is 0.0548. The van der Waals surface area contributed by atoms with Crippen LogP contribution in [0.3, 0.4) is 0 Å². The second-order valence-corrected chi connectivity index (χ2v) is 7.60. The van der Waals surface area contributed by atoms with Gasteiger partial charge in [0.15, 0.2) is 0 Å². The topological polar surface area (TPSA) is 66.4 Å². The number of hydrogen-bond acceptors (Lipinski definition) is 3. The van der Waals surface area contributed by atoms with Gasteiger partial charge < -0.3 is 5.11 Å². The third-order valence-electron chi connectivity index (χ3n) is 4.58. The zero-order valence-electron chi connectivity index (χ0n) is 11.5. The van der Waals surface area contributed by atoms with Crippen LogP contribution in [0, 0.1) is 5.92 Å². The molecular formula is C15H21NO3S. The Balaban J connectivity index is 1.81. The predicted molar refractivity (Wildman–Crippen MR) is 77.0 cm³/mol. The van der Waals surface area contributed by atoms with Crippen molar-refractivity contribution in [2.45, 2.75) is 49.5 Å². The third kappa shape index (κ3) is 2.62. The zero-order chi connectivity index (χ0) is 14.2. The molecule has 2 aliphatic rings. The molecule has 2 atom stereocenters. The van der Waals surface area contributed by atoms with E-state index < -0.39 is 10.0 Å². The number of rotatable bonds is 4. The Morgan fingerprint density at radius 2 is 1.95 bits per heavy atom. The molecule has 2 N–H and O–H groups in total. The average molecular weight is 295 g/mol. The molecule has 110 valence electrons. The van der Waals surface area contributed by atoms with Crippen LogP contribution in [0.15, 0.2) is 23.1 Å². The quantitative estimate of drug-likeness (QED) is 0.887. The molecule has 2 aliphatic carbocycles. The van der Waals surface area contributed by atoms with E-state index in [9.17, 15) is 13.5 Å². The molecule has 5 heteroatoms. The number of aliphatic hydroxyl groups excluding tert-OH is 1. The Kier molecular flexibility index (Phi) is 3.84. The van der Waals surface area contributed by atoms with Gasteiger partial charge in [-0.15, -0.1) is 0 Å². The summed E-state index contributed by atoms with van der Waals surface area (Å²) in [5, 5.41) is 9.30. The number of aryl methyl sites for hydroxylation is 2. The minimum Gasteiger partial charge on any atom is -0.396 e. The lowest BCUT2D eigenvalue weighted by molar-refractivity contribution is 0.213. The lowest BCUT2D eigenvalue weighted by atomic mass is 10.1. The zero-order valence-corrected chi connectivity index (χ0v) is 12.3. The van der Waals surface area contributed by atoms with Crippen molar-refractivity contribution in [1.82, 2.24) is 4.72 Å². The summed E-state index contributed by atoms with van der Waals surface area (Å²) in [4.78, 5) is 0.363. The van der Waals surface area contributed by atoms with E-state index in [4.69, 9.17) is 0 Å². The normalized spacial score (nSPS) is 25.9. The first-order chi connectivity index (χ1) is 9.60. The average Bonchev–Trinajstić information content (AvgIpc) is 3.05. The molecule has 1 aromatic rings. The summed E-state index contributed by atoms with van der Waals surface area (Å²) in [6, 6.07) is 5.33. The summed E-state index contributed by atoms with van der Waals surface area (Å²) in [7, 11) is -3.47. The van der Waals surface area contributed by atoms with Gasteiger partial charge in [0, 0.05) is 12.6 Å². The highest BCUT2D eigenvalue weighted by molar-refractivity contribution is 7.89. The summed E-state index contributed by atoms with van der Waals surface area (Å²) in [5.41, 5.74) is 2.44. The Morgan fingerprint density at radius 1 is 1.15 bits per heavy atom. The Hall–Kier alpha value is -0.910. The Bertz CT molecular complexity index is 597. The fraction of sp³-hybridized carbons (Fsp3) is 0.600. The molecule has 0 spiro atoms. The highest BCUT2D eigenvalue weighted by Crippen LogP contribution is 2.28. The van der Waals surface area contributed by atoms with Crippen LogP contribution in [0.4, 0.5) is 0 Å². The van der Waals surface area contributed by atoms with Gasteiger partial charge in [0.05, 0.1) is 4.90 Å². The van der Waals surface area contributed by atoms with Gasteiger partial charge in [-0.25, -0.2) is 13.1 Å². The molecule has 0 amide bonds. The number of benzene rings is 1. The fourth-order valence-electron chi connectivity index (χ4n) is 3.39. The van der Waals surface area contributed by atoms with E-state index >= 15 is 0 Å². The molecule has 0 radical (unpaired) electrons. The molecule has 0 bridgehead atoms. The highest BCUT2D eigenvalue weighted by Gasteiger charge is 2.31. The first kappa shape index (κ1) is 14.0. The highest BCUT2D eigenvalue weighted by atomic mass is 32.2. The van der Waals surface area contributed by atoms with Crippen molar-refractivity contribution in [3.63, 3.8) is 0 Å². The Morgan fingerprint density at radius 3 is 2.75 bits per heavy atom. The van der Waals surface area contributed by atoms with Gasteiger partial charge in [-0.3, -0.25) is 0 Å². The fourth-order valence-corrected chi connectivity index (χ4v) is 4.78. The van der Waals surface area contributed by atoms with Gasteiger partial charge in [0.2, 0.25) is 10.0 Å². The van der Waals surface area contributed by atoms with E-state index in [0.29, 0.717) is 4.90 Å². The van der Waals surface area contributed by atoms with E-state index in [2.05, 4.69) is 4.72 Å². The molecule has 1 fully saturated rings. The first-order valence-electron chi connectivity index (χ1n) is 7.35. The van der Waals surface area contributed by atoms with Gasteiger partial charge in [-0.1, -0.05) is 12.5 Å². The number of aliphatic hydroxyl groups is 1. The van der Waals surface area contributed by atoms with Crippen molar-refractivity contribution >= 4 is 10.0 Å². The molecule has 1 aromatic carbocycles. The number of nitrogens with one attached hydrogen (secondary N) is 1. The van der Waals surface area contributed by atoms with Crippen LogP contribution in [0.2, 0.25) is 0 Å². The molecule has 2 unspecified atom stereocenters. The van der Waals surface area contributed by atoms with Crippen LogP contribution >= 0.6 is 0 Å². The maximum Gasteiger partial charge on any atom is 0.240 e. The van der Waals surface area contributed by atoms with Crippen LogP contribution in [-0.4, -0.2) is 26.2 Å². The number of fused-ring (bicyclic) bond motifs is 1. The molecule has 0 aromatic heterocycles. The smallest absolute Gasteiger partial charge is 0.240 e. The molecule has 20 heavy (non-hydrogen) atoms. The molecule has 0 aliphatic heterocycles. The van der Waals surface area contributed by atoms with Gasteiger partial charge in [-0.05, 0) is 61.3 Å². The summed E-state index contributed by atoms with van der Waals surface area (Å²) in [6.07, 6.45) is 5.83. The second kappa shape index (κ2) is 5.47.